The molecule has 0 spiro atoms. The van der Waals surface area contributed by atoms with Gasteiger partial charge in [-0.1, -0.05) is 0 Å². The number of amides is 1. The molecule has 1 amide bonds. The molecule has 3 rings (SSSR count). The van der Waals surface area contributed by atoms with Crippen LogP contribution in [0.25, 0.3) is 0 Å². The van der Waals surface area contributed by atoms with Gasteiger partial charge in [0.15, 0.2) is 0 Å². The second kappa shape index (κ2) is 5.48. The molecule has 3 heterocycles. The van der Waals surface area contributed by atoms with E-state index in [4.69, 9.17) is 8.83 Å². The topological polar surface area (TPSA) is 73.2 Å². The normalized spacial score (nSPS) is 12.2. The molecule has 3 aromatic rings. The summed E-state index contributed by atoms with van der Waals surface area (Å²) in [5.41, 5.74) is 0.490. The van der Waals surface area contributed by atoms with Gasteiger partial charge in [0.05, 0.1) is 18.1 Å². The lowest BCUT2D eigenvalue weighted by Gasteiger charge is -2.15. The maximum Gasteiger partial charge on any atom is 0.254 e. The van der Waals surface area contributed by atoms with Crippen molar-refractivity contribution in [2.75, 3.05) is 6.54 Å². The molecular weight excluding hydrogens is 258 g/mol. The summed E-state index contributed by atoms with van der Waals surface area (Å²) in [6, 6.07) is 6.93. The van der Waals surface area contributed by atoms with E-state index in [1.54, 1.807) is 23.2 Å². The van der Waals surface area contributed by atoms with Gasteiger partial charge in [-0.25, -0.2) is 0 Å². The van der Waals surface area contributed by atoms with Gasteiger partial charge in [-0.3, -0.25) is 9.48 Å². The predicted molar refractivity (Wildman–Crippen MR) is 70.1 cm³/mol. The van der Waals surface area contributed by atoms with Crippen LogP contribution < -0.4 is 5.32 Å². The molecule has 0 bridgehead atoms. The van der Waals surface area contributed by atoms with Crippen LogP contribution in [0, 0.1) is 0 Å². The summed E-state index contributed by atoms with van der Waals surface area (Å²) in [5, 5.41) is 7.04. The molecule has 6 heteroatoms. The van der Waals surface area contributed by atoms with Crippen molar-refractivity contribution in [1.29, 1.82) is 0 Å². The molecule has 0 saturated carbocycles. The largest absolute Gasteiger partial charge is 0.472 e. The summed E-state index contributed by atoms with van der Waals surface area (Å²) in [5.74, 6) is 0.545. The Hall–Kier alpha value is -2.76. The summed E-state index contributed by atoms with van der Waals surface area (Å²) in [4.78, 5) is 11.9. The molecule has 0 aliphatic heterocycles. The predicted octanol–water partition coefficient (Wildman–Crippen LogP) is 2.09. The number of furan rings is 2. The molecule has 3 aromatic heterocycles. The van der Waals surface area contributed by atoms with E-state index in [0.29, 0.717) is 12.1 Å². The molecule has 0 fully saturated rings. The van der Waals surface area contributed by atoms with Crippen molar-refractivity contribution >= 4 is 5.91 Å². The highest BCUT2D eigenvalue weighted by molar-refractivity contribution is 5.93. The average molecular weight is 271 g/mol. The first-order valence-corrected chi connectivity index (χ1v) is 6.17. The lowest BCUT2D eigenvalue weighted by atomic mass is 10.2. The number of hydrogen-bond acceptors (Lipinski definition) is 4. The summed E-state index contributed by atoms with van der Waals surface area (Å²) < 4.78 is 12.0. The first-order valence-electron chi connectivity index (χ1n) is 6.17. The standard InChI is InChI=1S/C14H13N3O3/c18-14(11-4-8-19-10-11)15-9-12(13-3-1-7-20-13)17-6-2-5-16-17/h1-8,10,12H,9H2,(H,15,18)/t12-/m0/s1. The van der Waals surface area contributed by atoms with E-state index in [2.05, 4.69) is 10.4 Å². The van der Waals surface area contributed by atoms with Crippen molar-refractivity contribution in [3.05, 3.63) is 66.8 Å². The summed E-state index contributed by atoms with van der Waals surface area (Å²) in [7, 11) is 0. The lowest BCUT2D eigenvalue weighted by Crippen LogP contribution is -2.31. The highest BCUT2D eigenvalue weighted by atomic mass is 16.3. The Bertz CT molecular complexity index is 608. The van der Waals surface area contributed by atoms with Crippen molar-refractivity contribution in [3.8, 4) is 0 Å². The monoisotopic (exact) mass is 271 g/mol. The van der Waals surface area contributed by atoms with Crippen LogP contribution in [0.2, 0.25) is 0 Å². The lowest BCUT2D eigenvalue weighted by molar-refractivity contribution is 0.0947. The van der Waals surface area contributed by atoms with Gasteiger partial charge in [0.1, 0.15) is 18.1 Å². The maximum absolute atomic E-state index is 11.9. The van der Waals surface area contributed by atoms with Crippen LogP contribution >= 0.6 is 0 Å². The Balaban J connectivity index is 1.73. The Morgan fingerprint density at radius 3 is 2.95 bits per heavy atom. The first-order chi connectivity index (χ1) is 9.84. The van der Waals surface area contributed by atoms with Crippen LogP contribution in [0.15, 0.2) is 64.3 Å². The number of hydrogen-bond donors (Lipinski definition) is 1. The first kappa shape index (κ1) is 12.3. The number of rotatable bonds is 5. The quantitative estimate of drug-likeness (QED) is 0.771. The van der Waals surface area contributed by atoms with E-state index in [1.165, 1.54) is 12.5 Å². The Kier molecular flexibility index (Phi) is 3.36. The fourth-order valence-corrected chi connectivity index (χ4v) is 1.96. The number of carbonyl (C=O) groups excluding carboxylic acids is 1. The molecular formula is C14H13N3O3. The third kappa shape index (κ3) is 2.49. The van der Waals surface area contributed by atoms with Gasteiger partial charge < -0.3 is 14.2 Å². The van der Waals surface area contributed by atoms with Crippen LogP contribution in [0.4, 0.5) is 0 Å². The molecule has 1 N–H and O–H groups in total. The van der Waals surface area contributed by atoms with E-state index in [1.807, 2.05) is 24.4 Å². The van der Waals surface area contributed by atoms with Gasteiger partial charge in [-0.15, -0.1) is 0 Å². The fraction of sp³-hybridized carbons (Fsp3) is 0.143. The summed E-state index contributed by atoms with van der Waals surface area (Å²) >= 11 is 0. The van der Waals surface area contributed by atoms with Crippen LogP contribution in [0.1, 0.15) is 22.2 Å². The molecule has 1 atom stereocenters. The molecule has 0 aliphatic rings. The van der Waals surface area contributed by atoms with E-state index in [9.17, 15) is 4.79 Å². The zero-order chi connectivity index (χ0) is 13.8. The highest BCUT2D eigenvalue weighted by Crippen LogP contribution is 2.17. The van der Waals surface area contributed by atoms with Crippen molar-refractivity contribution in [2.45, 2.75) is 6.04 Å². The minimum atomic E-state index is -0.192. The Morgan fingerprint density at radius 1 is 1.35 bits per heavy atom. The van der Waals surface area contributed by atoms with Gasteiger partial charge in [0, 0.05) is 18.9 Å². The smallest absolute Gasteiger partial charge is 0.254 e. The molecule has 6 nitrogen and oxygen atoms in total. The maximum atomic E-state index is 11.9. The summed E-state index contributed by atoms with van der Waals surface area (Å²) in [6.45, 7) is 0.374. The van der Waals surface area contributed by atoms with Gasteiger partial charge in [0.25, 0.3) is 5.91 Å². The van der Waals surface area contributed by atoms with E-state index in [-0.39, 0.29) is 11.9 Å². The number of nitrogens with zero attached hydrogens (tertiary/aromatic N) is 2. The second-order valence-corrected chi connectivity index (χ2v) is 4.24. The second-order valence-electron chi connectivity index (χ2n) is 4.24. The SMILES string of the molecule is O=C(NC[C@@H](c1ccco1)n1cccn1)c1ccoc1. The van der Waals surface area contributed by atoms with Crippen molar-refractivity contribution in [3.63, 3.8) is 0 Å². The van der Waals surface area contributed by atoms with Crippen molar-refractivity contribution in [2.24, 2.45) is 0 Å². The highest BCUT2D eigenvalue weighted by Gasteiger charge is 2.18. The van der Waals surface area contributed by atoms with Crippen LogP contribution in [0.3, 0.4) is 0 Å². The van der Waals surface area contributed by atoms with Gasteiger partial charge in [-0.05, 0) is 24.3 Å². The number of nitrogens with one attached hydrogen (secondary N) is 1. The molecule has 102 valence electrons. The molecule has 0 radical (unpaired) electrons. The molecule has 0 saturated heterocycles. The number of carbonyl (C=O) groups is 1. The van der Waals surface area contributed by atoms with E-state index < -0.39 is 0 Å². The van der Waals surface area contributed by atoms with Crippen LogP contribution in [-0.4, -0.2) is 22.2 Å². The zero-order valence-electron chi connectivity index (χ0n) is 10.6. The van der Waals surface area contributed by atoms with E-state index >= 15 is 0 Å². The van der Waals surface area contributed by atoms with E-state index in [0.717, 1.165) is 5.76 Å². The molecule has 0 unspecified atom stereocenters. The van der Waals surface area contributed by atoms with Gasteiger partial charge in [-0.2, -0.15) is 5.10 Å². The Morgan fingerprint density at radius 2 is 2.30 bits per heavy atom. The minimum Gasteiger partial charge on any atom is -0.472 e. The third-order valence-corrected chi connectivity index (χ3v) is 2.96. The number of aromatic nitrogens is 2. The van der Waals surface area contributed by atoms with Crippen LogP contribution in [0.5, 0.6) is 0 Å². The van der Waals surface area contributed by atoms with Crippen LogP contribution in [-0.2, 0) is 0 Å². The molecule has 0 aromatic carbocycles. The van der Waals surface area contributed by atoms with Crippen molar-refractivity contribution < 1.29 is 13.6 Å². The zero-order valence-corrected chi connectivity index (χ0v) is 10.6. The molecule has 20 heavy (non-hydrogen) atoms. The minimum absolute atomic E-state index is 0.184. The average Bonchev–Trinajstić information content (AvgIpc) is 3.22. The third-order valence-electron chi connectivity index (χ3n) is 2.96. The molecule has 0 aliphatic carbocycles. The fourth-order valence-electron chi connectivity index (χ4n) is 1.96. The van der Waals surface area contributed by atoms with Crippen molar-refractivity contribution in [1.82, 2.24) is 15.1 Å². The van der Waals surface area contributed by atoms with Gasteiger partial charge >= 0.3 is 0 Å². The summed E-state index contributed by atoms with van der Waals surface area (Å²) in [6.07, 6.45) is 7.99. The Labute approximate surface area is 115 Å². The van der Waals surface area contributed by atoms with Gasteiger partial charge in [0.2, 0.25) is 0 Å².